The number of carbonyl (C=O) groups excluding carboxylic acids is 1. The molecule has 0 aromatic heterocycles. The third-order valence-electron chi connectivity index (χ3n) is 4.62. The van der Waals surface area contributed by atoms with Gasteiger partial charge in [0.15, 0.2) is 0 Å². The largest absolute Gasteiger partial charge is 0.312 e. The molecule has 0 N–H and O–H groups in total. The van der Waals surface area contributed by atoms with Gasteiger partial charge < -0.3 is 4.90 Å². The Balaban J connectivity index is 2.11. The van der Waals surface area contributed by atoms with E-state index in [1.807, 2.05) is 32.6 Å². The molecular formula is C17H24N2O3S. The van der Waals surface area contributed by atoms with Gasteiger partial charge in [0.05, 0.1) is 10.6 Å². The molecule has 5 nitrogen and oxygen atoms in total. The van der Waals surface area contributed by atoms with E-state index < -0.39 is 10.0 Å². The molecule has 0 atom stereocenters. The number of amides is 1. The highest BCUT2D eigenvalue weighted by molar-refractivity contribution is 7.89. The Morgan fingerprint density at radius 3 is 2.13 bits per heavy atom. The van der Waals surface area contributed by atoms with Crippen molar-refractivity contribution in [3.63, 3.8) is 0 Å². The van der Waals surface area contributed by atoms with Crippen LogP contribution in [0.2, 0.25) is 0 Å². The molecule has 2 aliphatic rings. The van der Waals surface area contributed by atoms with Gasteiger partial charge in [0.2, 0.25) is 15.9 Å². The first-order valence-corrected chi connectivity index (χ1v) is 9.67. The lowest BCUT2D eigenvalue weighted by atomic mass is 10.00. The molecule has 6 heteroatoms. The van der Waals surface area contributed by atoms with E-state index in [9.17, 15) is 13.2 Å². The van der Waals surface area contributed by atoms with Gasteiger partial charge in [0.25, 0.3) is 0 Å². The fourth-order valence-corrected chi connectivity index (χ4v) is 5.78. The summed E-state index contributed by atoms with van der Waals surface area (Å²) in [7, 11) is -3.53. The van der Waals surface area contributed by atoms with Crippen LogP contribution in [0.1, 0.15) is 45.2 Å². The molecule has 0 bridgehead atoms. The van der Waals surface area contributed by atoms with Crippen LogP contribution in [0, 0.1) is 0 Å². The highest BCUT2D eigenvalue weighted by Crippen LogP contribution is 2.39. The van der Waals surface area contributed by atoms with Crippen molar-refractivity contribution < 1.29 is 13.2 Å². The molecule has 0 aliphatic carbocycles. The number of anilines is 1. The third kappa shape index (κ3) is 2.58. The zero-order valence-electron chi connectivity index (χ0n) is 14.2. The normalized spacial score (nSPS) is 17.5. The Hall–Kier alpha value is -1.40. The summed E-state index contributed by atoms with van der Waals surface area (Å²) in [6.45, 7) is 8.26. The van der Waals surface area contributed by atoms with Gasteiger partial charge in [0.1, 0.15) is 0 Å². The summed E-state index contributed by atoms with van der Waals surface area (Å²) >= 11 is 0. The first kappa shape index (κ1) is 16.5. The molecule has 0 spiro atoms. The fraction of sp³-hybridized carbons (Fsp3) is 0.588. The van der Waals surface area contributed by atoms with Crippen molar-refractivity contribution in [1.82, 2.24) is 4.31 Å². The van der Waals surface area contributed by atoms with E-state index in [0.29, 0.717) is 24.3 Å². The average molecular weight is 336 g/mol. The molecular weight excluding hydrogens is 312 g/mol. The van der Waals surface area contributed by atoms with E-state index in [0.717, 1.165) is 23.2 Å². The number of benzene rings is 1. The standard InChI is InChI=1S/C17H24N2O3S/c1-11(2)19(12(3)4)23(21,22)15-9-13-5-6-16(20)18-8-7-14(10-15)17(13)18/h9-12H,5-8H2,1-4H3. The lowest BCUT2D eigenvalue weighted by molar-refractivity contribution is -0.118. The predicted molar refractivity (Wildman–Crippen MR) is 90.1 cm³/mol. The number of hydrogen-bond donors (Lipinski definition) is 0. The summed E-state index contributed by atoms with van der Waals surface area (Å²) in [5.41, 5.74) is 2.94. The molecule has 23 heavy (non-hydrogen) atoms. The maximum Gasteiger partial charge on any atom is 0.243 e. The van der Waals surface area contributed by atoms with Crippen molar-refractivity contribution in [2.75, 3.05) is 11.4 Å². The second-order valence-electron chi connectivity index (χ2n) is 6.91. The Kier molecular flexibility index (Phi) is 4.01. The van der Waals surface area contributed by atoms with Crippen LogP contribution in [0.3, 0.4) is 0 Å². The summed E-state index contributed by atoms with van der Waals surface area (Å²) in [4.78, 5) is 14.2. The number of nitrogens with zero attached hydrogens (tertiary/aromatic N) is 2. The first-order chi connectivity index (χ1) is 10.7. The maximum atomic E-state index is 13.1. The van der Waals surface area contributed by atoms with Gasteiger partial charge in [0, 0.05) is 25.0 Å². The summed E-state index contributed by atoms with van der Waals surface area (Å²) < 4.78 is 27.7. The van der Waals surface area contributed by atoms with Crippen LogP contribution in [-0.4, -0.2) is 37.3 Å². The fourth-order valence-electron chi connectivity index (χ4n) is 3.85. The summed E-state index contributed by atoms with van der Waals surface area (Å²) in [5, 5.41) is 0. The van der Waals surface area contributed by atoms with Crippen LogP contribution in [0.15, 0.2) is 17.0 Å². The van der Waals surface area contributed by atoms with E-state index in [4.69, 9.17) is 0 Å². The zero-order chi connectivity index (χ0) is 16.9. The Morgan fingerprint density at radius 2 is 1.57 bits per heavy atom. The van der Waals surface area contributed by atoms with Crippen LogP contribution in [0.4, 0.5) is 5.69 Å². The van der Waals surface area contributed by atoms with Crippen LogP contribution in [-0.2, 0) is 27.7 Å². The summed E-state index contributed by atoms with van der Waals surface area (Å²) in [6.07, 6.45) is 1.83. The number of sulfonamides is 1. The average Bonchev–Trinajstić information content (AvgIpc) is 2.86. The highest BCUT2D eigenvalue weighted by atomic mass is 32.2. The second kappa shape index (κ2) is 5.60. The lowest BCUT2D eigenvalue weighted by Crippen LogP contribution is -2.42. The van der Waals surface area contributed by atoms with Crippen LogP contribution in [0.25, 0.3) is 0 Å². The maximum absolute atomic E-state index is 13.1. The van der Waals surface area contributed by atoms with E-state index in [-0.39, 0.29) is 18.0 Å². The molecule has 2 aliphatic heterocycles. The molecule has 0 radical (unpaired) electrons. The third-order valence-corrected chi connectivity index (χ3v) is 6.85. The van der Waals surface area contributed by atoms with Crippen LogP contribution < -0.4 is 4.90 Å². The van der Waals surface area contributed by atoms with Gasteiger partial charge in [-0.05, 0) is 63.8 Å². The Morgan fingerprint density at radius 1 is 1.00 bits per heavy atom. The van der Waals surface area contributed by atoms with E-state index in [1.54, 1.807) is 16.4 Å². The van der Waals surface area contributed by atoms with Crippen molar-refractivity contribution in [3.8, 4) is 0 Å². The molecule has 1 aromatic carbocycles. The Bertz CT molecular complexity index is 745. The lowest BCUT2D eigenvalue weighted by Gasteiger charge is -2.31. The van der Waals surface area contributed by atoms with Gasteiger partial charge >= 0.3 is 0 Å². The SMILES string of the molecule is CC(C)N(C(C)C)S(=O)(=O)c1cc2c3c(c1)CCN3C(=O)CC2. The topological polar surface area (TPSA) is 57.7 Å². The van der Waals surface area contributed by atoms with Gasteiger partial charge in [-0.25, -0.2) is 8.42 Å². The summed E-state index contributed by atoms with van der Waals surface area (Å²) in [5.74, 6) is 0.151. The molecule has 1 aromatic rings. The molecule has 0 saturated carbocycles. The van der Waals surface area contributed by atoms with Crippen molar-refractivity contribution in [1.29, 1.82) is 0 Å². The minimum atomic E-state index is -3.53. The number of hydrogen-bond acceptors (Lipinski definition) is 3. The smallest absolute Gasteiger partial charge is 0.243 e. The number of rotatable bonds is 4. The van der Waals surface area contributed by atoms with Gasteiger partial charge in [-0.3, -0.25) is 4.79 Å². The van der Waals surface area contributed by atoms with Crippen molar-refractivity contribution >= 4 is 21.6 Å². The highest BCUT2D eigenvalue weighted by Gasteiger charge is 2.35. The van der Waals surface area contributed by atoms with Gasteiger partial charge in [-0.1, -0.05) is 0 Å². The van der Waals surface area contributed by atoms with Crippen molar-refractivity contribution in [2.45, 2.75) is 63.9 Å². The molecule has 0 unspecified atom stereocenters. The van der Waals surface area contributed by atoms with Gasteiger partial charge in [-0.15, -0.1) is 0 Å². The monoisotopic (exact) mass is 336 g/mol. The predicted octanol–water partition coefficient (Wildman–Crippen LogP) is 2.33. The van der Waals surface area contributed by atoms with Crippen LogP contribution >= 0.6 is 0 Å². The first-order valence-electron chi connectivity index (χ1n) is 8.23. The van der Waals surface area contributed by atoms with E-state index >= 15 is 0 Å². The molecule has 126 valence electrons. The van der Waals surface area contributed by atoms with Gasteiger partial charge in [-0.2, -0.15) is 4.31 Å². The van der Waals surface area contributed by atoms with Crippen molar-refractivity contribution in [3.05, 3.63) is 23.3 Å². The van der Waals surface area contributed by atoms with E-state index in [2.05, 4.69) is 0 Å². The minimum absolute atomic E-state index is 0.0947. The molecule has 0 fully saturated rings. The molecule has 2 heterocycles. The summed E-state index contributed by atoms with van der Waals surface area (Å²) in [6, 6.07) is 3.35. The van der Waals surface area contributed by atoms with Crippen LogP contribution in [0.5, 0.6) is 0 Å². The van der Waals surface area contributed by atoms with E-state index in [1.165, 1.54) is 0 Å². The quantitative estimate of drug-likeness (QED) is 0.848. The zero-order valence-corrected chi connectivity index (χ0v) is 15.0. The molecule has 1 amide bonds. The van der Waals surface area contributed by atoms with Crippen molar-refractivity contribution in [2.24, 2.45) is 0 Å². The Labute approximate surface area is 138 Å². The number of aryl methyl sites for hydroxylation is 1. The molecule has 0 saturated heterocycles. The molecule has 3 rings (SSSR count). The number of carbonyl (C=O) groups is 1. The minimum Gasteiger partial charge on any atom is -0.312 e. The second-order valence-corrected chi connectivity index (χ2v) is 8.75.